The van der Waals surface area contributed by atoms with Crippen molar-refractivity contribution in [1.82, 2.24) is 4.90 Å². The van der Waals surface area contributed by atoms with Gasteiger partial charge in [-0.15, -0.1) is 0 Å². The molecule has 0 unspecified atom stereocenters. The first-order valence-corrected chi connectivity index (χ1v) is 11.1. The number of nitrogens with zero attached hydrogens (tertiary/aromatic N) is 1. The number of fused-ring (bicyclic) bond motifs is 2. The Bertz CT molecular complexity index is 1050. The molecule has 0 saturated heterocycles. The van der Waals surface area contributed by atoms with Gasteiger partial charge in [-0.25, -0.2) is 0 Å². The Morgan fingerprint density at radius 3 is 2.81 bits per heavy atom. The molecule has 0 saturated carbocycles. The molecule has 3 N–H and O–H groups in total. The van der Waals surface area contributed by atoms with E-state index in [-0.39, 0.29) is 25.0 Å². The van der Waals surface area contributed by atoms with Crippen molar-refractivity contribution >= 4 is 33.4 Å². The van der Waals surface area contributed by atoms with Crippen molar-refractivity contribution in [2.75, 3.05) is 11.9 Å². The van der Waals surface area contributed by atoms with E-state index in [0.717, 1.165) is 15.6 Å². The summed E-state index contributed by atoms with van der Waals surface area (Å²) in [5, 5.41) is 23.7. The zero-order valence-electron chi connectivity index (χ0n) is 17.2. The number of aliphatic hydroxyl groups is 2. The lowest BCUT2D eigenvalue weighted by molar-refractivity contribution is -0.137. The third kappa shape index (κ3) is 3.93. The van der Waals surface area contributed by atoms with E-state index in [1.165, 1.54) is 0 Å². The normalized spacial score (nSPS) is 23.4. The Morgan fingerprint density at radius 2 is 2.06 bits per heavy atom. The smallest absolute Gasteiger partial charge is 0.261 e. The molecule has 31 heavy (non-hydrogen) atoms. The molecule has 7 heteroatoms. The lowest BCUT2D eigenvalue weighted by Gasteiger charge is -2.36. The molecule has 0 bridgehead atoms. The van der Waals surface area contributed by atoms with Crippen LogP contribution >= 0.6 is 15.9 Å². The summed E-state index contributed by atoms with van der Waals surface area (Å²) in [4.78, 5) is 27.1. The Morgan fingerprint density at radius 1 is 1.32 bits per heavy atom. The minimum atomic E-state index is -1.70. The van der Waals surface area contributed by atoms with Gasteiger partial charge in [-0.05, 0) is 35.7 Å². The fraction of sp³-hybridized carbons (Fsp3) is 0.333. The van der Waals surface area contributed by atoms with Gasteiger partial charge in [0, 0.05) is 34.6 Å². The topological polar surface area (TPSA) is 89.9 Å². The van der Waals surface area contributed by atoms with Crippen LogP contribution in [0.2, 0.25) is 0 Å². The molecule has 0 aliphatic carbocycles. The highest BCUT2D eigenvalue weighted by molar-refractivity contribution is 9.10. The highest BCUT2D eigenvalue weighted by Crippen LogP contribution is 2.42. The number of aliphatic hydroxyl groups excluding tert-OH is 1. The molecule has 2 heterocycles. The number of rotatable bonds is 5. The predicted molar refractivity (Wildman–Crippen MR) is 121 cm³/mol. The van der Waals surface area contributed by atoms with E-state index in [1.807, 2.05) is 24.3 Å². The van der Waals surface area contributed by atoms with Crippen LogP contribution in [0, 0.1) is 5.92 Å². The zero-order chi connectivity index (χ0) is 22.2. The fourth-order valence-electron chi connectivity index (χ4n) is 4.40. The van der Waals surface area contributed by atoms with E-state index in [2.05, 4.69) is 21.2 Å². The standard InChI is InChI=1S/C24H25BrN2O4/c1-15(24(31)20-12-18(25)9-10-21(20)26-23(24)30)5-4-8-22(29)27-13-17-7-3-2-6-16(17)11-19(27)14-28/h2-7,9-10,12,15,19,28,31H,8,11,13-14H2,1H3,(H,26,30)/b5-4+/t15-,19-,24+/m0/s1. The lowest BCUT2D eigenvalue weighted by Crippen LogP contribution is -2.46. The summed E-state index contributed by atoms with van der Waals surface area (Å²) < 4.78 is 0.771. The Hall–Kier alpha value is -2.48. The molecule has 0 spiro atoms. The summed E-state index contributed by atoms with van der Waals surface area (Å²) in [5.74, 6) is -1.10. The Labute approximate surface area is 189 Å². The maximum absolute atomic E-state index is 12.9. The Kier molecular flexibility index (Phi) is 6.01. The summed E-state index contributed by atoms with van der Waals surface area (Å²) in [6.07, 6.45) is 4.17. The van der Waals surface area contributed by atoms with E-state index in [0.29, 0.717) is 24.2 Å². The van der Waals surface area contributed by atoms with Gasteiger partial charge in [0.05, 0.1) is 12.6 Å². The first kappa shape index (κ1) is 21.7. The van der Waals surface area contributed by atoms with Crippen molar-refractivity contribution in [2.24, 2.45) is 5.92 Å². The van der Waals surface area contributed by atoms with Gasteiger partial charge >= 0.3 is 0 Å². The summed E-state index contributed by atoms with van der Waals surface area (Å²) in [7, 11) is 0. The second-order valence-corrected chi connectivity index (χ2v) is 9.08. The first-order valence-electron chi connectivity index (χ1n) is 10.3. The van der Waals surface area contributed by atoms with Gasteiger partial charge in [0.25, 0.3) is 5.91 Å². The average molecular weight is 485 g/mol. The molecule has 162 valence electrons. The van der Waals surface area contributed by atoms with E-state index in [9.17, 15) is 19.8 Å². The van der Waals surface area contributed by atoms with E-state index in [1.54, 1.807) is 42.2 Å². The number of halogens is 1. The third-order valence-corrected chi connectivity index (χ3v) is 6.74. The average Bonchev–Trinajstić information content (AvgIpc) is 3.03. The summed E-state index contributed by atoms with van der Waals surface area (Å²) in [5.41, 5.74) is 1.66. The van der Waals surface area contributed by atoms with Crippen LogP contribution in [-0.4, -0.2) is 39.6 Å². The molecule has 2 aliphatic heterocycles. The van der Waals surface area contributed by atoms with Crippen molar-refractivity contribution in [3.05, 3.63) is 75.8 Å². The fourth-order valence-corrected chi connectivity index (χ4v) is 4.77. The molecule has 4 rings (SSSR count). The van der Waals surface area contributed by atoms with Crippen LogP contribution in [0.3, 0.4) is 0 Å². The van der Waals surface area contributed by atoms with Gasteiger partial charge in [-0.2, -0.15) is 0 Å². The summed E-state index contributed by atoms with van der Waals surface area (Å²) >= 11 is 3.39. The van der Waals surface area contributed by atoms with Crippen LogP contribution in [0.15, 0.2) is 59.1 Å². The maximum atomic E-state index is 12.9. The number of carbonyl (C=O) groups excluding carboxylic acids is 2. The number of carbonyl (C=O) groups is 2. The van der Waals surface area contributed by atoms with Crippen LogP contribution in [0.4, 0.5) is 5.69 Å². The van der Waals surface area contributed by atoms with Gasteiger partial charge in [0.1, 0.15) is 0 Å². The molecule has 3 atom stereocenters. The number of anilines is 1. The first-order chi connectivity index (χ1) is 14.8. The van der Waals surface area contributed by atoms with Crippen LogP contribution in [0.1, 0.15) is 30.0 Å². The molecule has 6 nitrogen and oxygen atoms in total. The third-order valence-electron chi connectivity index (χ3n) is 6.25. The van der Waals surface area contributed by atoms with Gasteiger partial charge in [0.2, 0.25) is 5.91 Å². The van der Waals surface area contributed by atoms with Crippen molar-refractivity contribution < 1.29 is 19.8 Å². The predicted octanol–water partition coefficient (Wildman–Crippen LogP) is 3.12. The second-order valence-electron chi connectivity index (χ2n) is 8.16. The lowest BCUT2D eigenvalue weighted by atomic mass is 9.83. The number of benzene rings is 2. The molecule has 0 aromatic heterocycles. The molecular formula is C24H25BrN2O4. The van der Waals surface area contributed by atoms with E-state index >= 15 is 0 Å². The van der Waals surface area contributed by atoms with E-state index < -0.39 is 17.4 Å². The molecule has 0 radical (unpaired) electrons. The van der Waals surface area contributed by atoms with Gasteiger partial charge < -0.3 is 20.4 Å². The van der Waals surface area contributed by atoms with E-state index in [4.69, 9.17) is 0 Å². The van der Waals surface area contributed by atoms with Gasteiger partial charge in [-0.1, -0.05) is 59.3 Å². The molecule has 2 aromatic carbocycles. The molecule has 2 aromatic rings. The molecule has 0 fully saturated rings. The van der Waals surface area contributed by atoms with Crippen molar-refractivity contribution in [3.8, 4) is 0 Å². The number of hydrogen-bond acceptors (Lipinski definition) is 4. The summed E-state index contributed by atoms with van der Waals surface area (Å²) in [6, 6.07) is 13.0. The van der Waals surface area contributed by atoms with Crippen molar-refractivity contribution in [1.29, 1.82) is 0 Å². The highest BCUT2D eigenvalue weighted by atomic mass is 79.9. The minimum Gasteiger partial charge on any atom is -0.394 e. The largest absolute Gasteiger partial charge is 0.394 e. The van der Waals surface area contributed by atoms with Crippen molar-refractivity contribution in [2.45, 2.75) is 38.0 Å². The van der Waals surface area contributed by atoms with Crippen LogP contribution in [-0.2, 0) is 28.2 Å². The highest BCUT2D eigenvalue weighted by Gasteiger charge is 2.48. The number of nitrogens with one attached hydrogen (secondary N) is 1. The molecule has 2 aliphatic rings. The van der Waals surface area contributed by atoms with Crippen LogP contribution in [0.25, 0.3) is 0 Å². The molecule has 2 amide bonds. The maximum Gasteiger partial charge on any atom is 0.261 e. The van der Waals surface area contributed by atoms with Crippen LogP contribution in [0.5, 0.6) is 0 Å². The number of amides is 2. The second kappa shape index (κ2) is 8.57. The van der Waals surface area contributed by atoms with Crippen molar-refractivity contribution in [3.63, 3.8) is 0 Å². The monoisotopic (exact) mass is 484 g/mol. The molecular weight excluding hydrogens is 460 g/mol. The summed E-state index contributed by atoms with van der Waals surface area (Å²) in [6.45, 7) is 2.13. The number of hydrogen-bond donors (Lipinski definition) is 3. The van der Waals surface area contributed by atoms with Gasteiger partial charge in [-0.3, -0.25) is 9.59 Å². The zero-order valence-corrected chi connectivity index (χ0v) is 18.8. The quantitative estimate of drug-likeness (QED) is 0.568. The van der Waals surface area contributed by atoms with Crippen LogP contribution < -0.4 is 5.32 Å². The SMILES string of the molecule is C[C@@H](/C=C/CC(=O)N1Cc2ccccc2C[C@H]1CO)[C@]1(O)C(=O)Nc2ccc(Br)cc21. The minimum absolute atomic E-state index is 0.0915. The Balaban J connectivity index is 1.47. The van der Waals surface area contributed by atoms with Gasteiger partial charge in [0.15, 0.2) is 5.60 Å².